The summed E-state index contributed by atoms with van der Waals surface area (Å²) in [6.45, 7) is 2.90. The molecule has 2 aliphatic rings. The Morgan fingerprint density at radius 2 is 1.31 bits per heavy atom. The highest BCUT2D eigenvalue weighted by molar-refractivity contribution is 5.94. The van der Waals surface area contributed by atoms with Gasteiger partial charge in [-0.3, -0.25) is 9.36 Å². The molecule has 35 heavy (non-hydrogen) atoms. The van der Waals surface area contributed by atoms with Crippen molar-refractivity contribution in [2.75, 3.05) is 19.6 Å². The number of nitrogens with one attached hydrogen (secondary N) is 1. The molecule has 0 unspecified atom stereocenters. The minimum Gasteiger partial charge on any atom is -0.307 e. The zero-order chi connectivity index (χ0) is 23.8. The Bertz CT molecular complexity index is 1540. The lowest BCUT2D eigenvalue weighted by atomic mass is 9.86. The molecular formula is C30H27N3O2. The number of nitrogens with zero attached hydrogens (tertiary/aromatic N) is 2. The van der Waals surface area contributed by atoms with Crippen LogP contribution < -0.4 is 11.2 Å². The molecule has 5 heteroatoms. The fourth-order valence-corrected chi connectivity index (χ4v) is 5.39. The van der Waals surface area contributed by atoms with Gasteiger partial charge in [-0.1, -0.05) is 78.4 Å². The number of aromatic amines is 1. The van der Waals surface area contributed by atoms with E-state index in [9.17, 15) is 9.59 Å². The highest BCUT2D eigenvalue weighted by Crippen LogP contribution is 2.38. The summed E-state index contributed by atoms with van der Waals surface area (Å²) in [5.74, 6) is 0. The number of hydrogen-bond acceptors (Lipinski definition) is 3. The van der Waals surface area contributed by atoms with Crippen molar-refractivity contribution in [2.24, 2.45) is 0 Å². The lowest BCUT2D eigenvalue weighted by molar-refractivity contribution is 0.245. The molecule has 1 fully saturated rings. The second-order valence-corrected chi connectivity index (χ2v) is 9.26. The molecule has 0 spiro atoms. The van der Waals surface area contributed by atoms with Crippen LogP contribution in [0.1, 0.15) is 35.1 Å². The van der Waals surface area contributed by atoms with Gasteiger partial charge in [0.15, 0.2) is 0 Å². The summed E-state index contributed by atoms with van der Waals surface area (Å²) in [5, 5.41) is 0.553. The maximum Gasteiger partial charge on any atom is 0.328 e. The molecule has 0 saturated carbocycles. The monoisotopic (exact) mass is 461 g/mol. The average Bonchev–Trinajstić information content (AvgIpc) is 3.06. The Hall–Kier alpha value is -3.96. The zero-order valence-corrected chi connectivity index (χ0v) is 19.5. The Morgan fingerprint density at radius 3 is 2.00 bits per heavy atom. The third-order valence-electron chi connectivity index (χ3n) is 7.25. The molecule has 174 valence electrons. The van der Waals surface area contributed by atoms with E-state index in [-0.39, 0.29) is 11.2 Å². The number of hydrogen-bond donors (Lipinski definition) is 1. The van der Waals surface area contributed by atoms with Gasteiger partial charge in [-0.05, 0) is 52.8 Å². The van der Waals surface area contributed by atoms with Crippen molar-refractivity contribution in [1.82, 2.24) is 14.5 Å². The van der Waals surface area contributed by atoms with Crippen LogP contribution in [0.5, 0.6) is 0 Å². The predicted molar refractivity (Wildman–Crippen MR) is 142 cm³/mol. The van der Waals surface area contributed by atoms with Crippen molar-refractivity contribution >= 4 is 28.6 Å². The number of piperidine rings is 1. The van der Waals surface area contributed by atoms with Crippen LogP contribution in [0.2, 0.25) is 0 Å². The predicted octanol–water partition coefficient (Wildman–Crippen LogP) is 4.77. The van der Waals surface area contributed by atoms with E-state index in [4.69, 9.17) is 0 Å². The topological polar surface area (TPSA) is 58.1 Å². The van der Waals surface area contributed by atoms with Crippen LogP contribution in [0.3, 0.4) is 0 Å². The van der Waals surface area contributed by atoms with E-state index in [1.165, 1.54) is 38.0 Å². The molecule has 0 amide bonds. The van der Waals surface area contributed by atoms with Gasteiger partial charge in [0.05, 0.1) is 10.9 Å². The normalized spacial score (nSPS) is 15.7. The van der Waals surface area contributed by atoms with Gasteiger partial charge in [0, 0.05) is 26.2 Å². The van der Waals surface area contributed by atoms with Gasteiger partial charge in [0.1, 0.15) is 0 Å². The highest BCUT2D eigenvalue weighted by atomic mass is 16.2. The Morgan fingerprint density at radius 1 is 0.714 bits per heavy atom. The Labute approximate surface area is 203 Å². The maximum absolute atomic E-state index is 12.9. The van der Waals surface area contributed by atoms with Crippen molar-refractivity contribution in [3.8, 4) is 0 Å². The van der Waals surface area contributed by atoms with Crippen LogP contribution in [-0.4, -0.2) is 34.1 Å². The molecule has 3 aromatic carbocycles. The number of benzene rings is 3. The first-order valence-corrected chi connectivity index (χ1v) is 12.2. The molecule has 1 N–H and O–H groups in total. The van der Waals surface area contributed by atoms with Crippen LogP contribution >= 0.6 is 0 Å². The van der Waals surface area contributed by atoms with E-state index < -0.39 is 0 Å². The van der Waals surface area contributed by atoms with Gasteiger partial charge in [0.25, 0.3) is 5.56 Å². The summed E-state index contributed by atoms with van der Waals surface area (Å²) >= 11 is 0. The molecule has 0 radical (unpaired) electrons. The third kappa shape index (κ3) is 3.98. The van der Waals surface area contributed by atoms with Crippen LogP contribution in [0.15, 0.2) is 88.0 Å². The molecule has 1 aliphatic carbocycles. The largest absolute Gasteiger partial charge is 0.328 e. The number of H-pyrrole nitrogens is 1. The number of aromatic nitrogens is 2. The lowest BCUT2D eigenvalue weighted by Crippen LogP contribution is -2.40. The van der Waals surface area contributed by atoms with Crippen molar-refractivity contribution in [1.29, 1.82) is 0 Å². The number of fused-ring (bicyclic) bond motifs is 3. The fourth-order valence-electron chi connectivity index (χ4n) is 5.39. The molecule has 2 heterocycles. The molecule has 4 aromatic rings. The summed E-state index contributed by atoms with van der Waals surface area (Å²) in [6, 6.07) is 24.4. The molecule has 1 aromatic heterocycles. The lowest BCUT2D eigenvalue weighted by Gasteiger charge is -2.30. The standard InChI is InChI=1S/C30H27N3O2/c34-29-26-11-5-6-12-27(26)31-30(35)33(29)20-19-32-17-15-23(16-18-32)28-24-9-3-1-7-21(24)13-14-22-8-2-4-10-25(22)28/h1-14H,15-20H2,(H,31,35). The molecular weight excluding hydrogens is 434 g/mol. The summed E-state index contributed by atoms with van der Waals surface area (Å²) in [4.78, 5) is 30.6. The fraction of sp³-hybridized carbons (Fsp3) is 0.200. The summed E-state index contributed by atoms with van der Waals surface area (Å²) in [6.07, 6.45) is 6.38. The quantitative estimate of drug-likeness (QED) is 0.421. The van der Waals surface area contributed by atoms with E-state index in [2.05, 4.69) is 70.6 Å². The first kappa shape index (κ1) is 21.6. The van der Waals surface area contributed by atoms with Crippen molar-refractivity contribution in [3.63, 3.8) is 0 Å². The van der Waals surface area contributed by atoms with Crippen molar-refractivity contribution < 1.29 is 0 Å². The number of para-hydroxylation sites is 1. The minimum absolute atomic E-state index is 0.219. The molecule has 0 bridgehead atoms. The highest BCUT2D eigenvalue weighted by Gasteiger charge is 2.22. The van der Waals surface area contributed by atoms with Gasteiger partial charge < -0.3 is 9.88 Å². The van der Waals surface area contributed by atoms with Gasteiger partial charge in [0.2, 0.25) is 0 Å². The first-order valence-electron chi connectivity index (χ1n) is 12.2. The smallest absolute Gasteiger partial charge is 0.307 e. The van der Waals surface area contributed by atoms with Gasteiger partial charge in [-0.25, -0.2) is 4.79 Å². The third-order valence-corrected chi connectivity index (χ3v) is 7.25. The van der Waals surface area contributed by atoms with Crippen LogP contribution in [-0.2, 0) is 6.54 Å². The average molecular weight is 462 g/mol. The molecule has 1 saturated heterocycles. The molecule has 1 aliphatic heterocycles. The maximum atomic E-state index is 12.9. The Balaban J connectivity index is 1.25. The van der Waals surface area contributed by atoms with E-state index in [0.29, 0.717) is 24.0 Å². The zero-order valence-electron chi connectivity index (χ0n) is 19.5. The second kappa shape index (κ2) is 9.01. The Kier molecular flexibility index (Phi) is 5.55. The van der Waals surface area contributed by atoms with E-state index in [0.717, 1.165) is 25.9 Å². The van der Waals surface area contributed by atoms with Gasteiger partial charge >= 0.3 is 5.69 Å². The minimum atomic E-state index is -0.340. The van der Waals surface area contributed by atoms with Crippen LogP contribution in [0, 0.1) is 0 Å². The summed E-state index contributed by atoms with van der Waals surface area (Å²) < 4.78 is 1.33. The molecule has 6 rings (SSSR count). The van der Waals surface area contributed by atoms with E-state index >= 15 is 0 Å². The van der Waals surface area contributed by atoms with E-state index in [1.807, 2.05) is 12.1 Å². The SMILES string of the molecule is O=c1[nH]c2ccccc2c(=O)n1CCN1CCC(=C2c3ccccc3C=Cc3ccccc32)CC1. The number of likely N-dealkylation sites (tertiary alicyclic amines) is 1. The van der Waals surface area contributed by atoms with Crippen molar-refractivity contribution in [2.45, 2.75) is 19.4 Å². The number of rotatable bonds is 3. The summed E-state index contributed by atoms with van der Waals surface area (Å²) in [7, 11) is 0. The van der Waals surface area contributed by atoms with Crippen LogP contribution in [0.25, 0.3) is 28.6 Å². The van der Waals surface area contributed by atoms with Gasteiger partial charge in [-0.15, -0.1) is 0 Å². The molecule has 0 atom stereocenters. The molecule has 5 nitrogen and oxygen atoms in total. The second-order valence-electron chi connectivity index (χ2n) is 9.26. The summed E-state index contributed by atoms with van der Waals surface area (Å²) in [5.41, 5.74) is 7.97. The van der Waals surface area contributed by atoms with Gasteiger partial charge in [-0.2, -0.15) is 0 Å². The van der Waals surface area contributed by atoms with Crippen LogP contribution in [0.4, 0.5) is 0 Å². The van der Waals surface area contributed by atoms with Crippen molar-refractivity contribution in [3.05, 3.63) is 121 Å². The first-order chi connectivity index (χ1) is 17.2. The van der Waals surface area contributed by atoms with E-state index in [1.54, 1.807) is 12.1 Å².